The molecular formula is C25H28NO3P. The van der Waals surface area contributed by atoms with Gasteiger partial charge in [0.05, 0.1) is 13.2 Å². The number of carbonyl (C=O) groups is 1. The third kappa shape index (κ3) is 5.08. The predicted molar refractivity (Wildman–Crippen MR) is 124 cm³/mol. The molecule has 0 aromatic heterocycles. The Bertz CT molecular complexity index is 949. The molecular weight excluding hydrogens is 393 g/mol. The molecule has 0 heterocycles. The van der Waals surface area contributed by atoms with Gasteiger partial charge in [0, 0.05) is 20.3 Å². The standard InChI is InChI=1S/C25H28NO3P/c1-19(25(29-20(2)27)21-13-7-5-8-14-21)26(3)30(22-15-9-6-10-16-22)24-18-12-11-17-23(24)28-4/h5-19,25H,1-4H3/t19-,25-,30?/m1/s1. The number of esters is 1. The summed E-state index contributed by atoms with van der Waals surface area (Å²) in [5.74, 6) is 0.570. The van der Waals surface area contributed by atoms with Gasteiger partial charge in [-0.2, -0.15) is 0 Å². The second kappa shape index (κ2) is 10.4. The van der Waals surface area contributed by atoms with Crippen LogP contribution in [-0.2, 0) is 9.53 Å². The van der Waals surface area contributed by atoms with Crippen LogP contribution in [0, 0.1) is 0 Å². The molecule has 0 saturated carbocycles. The molecule has 0 radical (unpaired) electrons. The molecule has 0 amide bonds. The summed E-state index contributed by atoms with van der Waals surface area (Å²) in [5.41, 5.74) is 0.982. The van der Waals surface area contributed by atoms with Crippen molar-refractivity contribution in [2.75, 3.05) is 14.2 Å². The van der Waals surface area contributed by atoms with Gasteiger partial charge in [0.1, 0.15) is 11.9 Å². The number of ether oxygens (including phenoxy) is 2. The predicted octanol–water partition coefficient (Wildman–Crippen LogP) is 4.67. The fourth-order valence-corrected chi connectivity index (χ4v) is 6.03. The molecule has 4 nitrogen and oxygen atoms in total. The van der Waals surface area contributed by atoms with E-state index in [2.05, 4.69) is 49.0 Å². The maximum atomic E-state index is 11.9. The van der Waals surface area contributed by atoms with E-state index < -0.39 is 8.07 Å². The van der Waals surface area contributed by atoms with Crippen LogP contribution in [0.2, 0.25) is 0 Å². The molecule has 0 N–H and O–H groups in total. The quantitative estimate of drug-likeness (QED) is 0.392. The molecule has 0 bridgehead atoms. The summed E-state index contributed by atoms with van der Waals surface area (Å²) in [6, 6.07) is 28.4. The molecule has 1 unspecified atom stereocenters. The topological polar surface area (TPSA) is 38.8 Å². The summed E-state index contributed by atoms with van der Waals surface area (Å²) in [5, 5.41) is 2.34. The second-order valence-electron chi connectivity index (χ2n) is 7.07. The van der Waals surface area contributed by atoms with Crippen molar-refractivity contribution in [1.29, 1.82) is 0 Å². The van der Waals surface area contributed by atoms with Crippen LogP contribution >= 0.6 is 8.07 Å². The Hall–Kier alpha value is -2.68. The Kier molecular flexibility index (Phi) is 7.62. The number of nitrogens with zero attached hydrogens (tertiary/aromatic N) is 1. The van der Waals surface area contributed by atoms with E-state index in [1.807, 2.05) is 54.6 Å². The minimum atomic E-state index is -0.909. The molecule has 3 aromatic carbocycles. The average Bonchev–Trinajstić information content (AvgIpc) is 2.78. The lowest BCUT2D eigenvalue weighted by Gasteiger charge is -2.37. The number of rotatable bonds is 8. The van der Waals surface area contributed by atoms with Crippen LogP contribution in [0.25, 0.3) is 0 Å². The molecule has 0 saturated heterocycles. The number of para-hydroxylation sites is 1. The van der Waals surface area contributed by atoms with Gasteiger partial charge in [-0.1, -0.05) is 72.8 Å². The minimum Gasteiger partial charge on any atom is -0.496 e. The Morgan fingerprint density at radius 2 is 1.47 bits per heavy atom. The summed E-state index contributed by atoms with van der Waals surface area (Å²) >= 11 is 0. The molecule has 0 fully saturated rings. The normalized spacial score (nSPS) is 14.0. The van der Waals surface area contributed by atoms with E-state index in [9.17, 15) is 4.79 Å². The lowest BCUT2D eigenvalue weighted by molar-refractivity contribution is -0.149. The van der Waals surface area contributed by atoms with Crippen molar-refractivity contribution in [2.45, 2.75) is 26.0 Å². The number of hydrogen-bond donors (Lipinski definition) is 0. The molecule has 0 aliphatic rings. The lowest BCUT2D eigenvalue weighted by atomic mass is 10.0. The first-order chi connectivity index (χ1) is 14.5. The SMILES string of the molecule is COc1ccccc1P(c1ccccc1)N(C)[C@H](C)[C@@H](OC(C)=O)c1ccccc1. The van der Waals surface area contributed by atoms with Crippen molar-refractivity contribution in [2.24, 2.45) is 0 Å². The third-order valence-corrected chi connectivity index (χ3v) is 7.69. The van der Waals surface area contributed by atoms with Crippen molar-refractivity contribution in [1.82, 2.24) is 4.67 Å². The van der Waals surface area contributed by atoms with Gasteiger partial charge in [0.25, 0.3) is 0 Å². The smallest absolute Gasteiger partial charge is 0.303 e. The maximum absolute atomic E-state index is 11.9. The van der Waals surface area contributed by atoms with Crippen molar-refractivity contribution in [3.05, 3.63) is 90.5 Å². The van der Waals surface area contributed by atoms with E-state index in [1.165, 1.54) is 12.2 Å². The fraction of sp³-hybridized carbons (Fsp3) is 0.240. The van der Waals surface area contributed by atoms with E-state index in [4.69, 9.17) is 9.47 Å². The molecule has 5 heteroatoms. The number of benzene rings is 3. The molecule has 0 aliphatic heterocycles. The van der Waals surface area contributed by atoms with Crippen molar-refractivity contribution in [3.8, 4) is 5.75 Å². The van der Waals surface area contributed by atoms with E-state index >= 15 is 0 Å². The second-order valence-corrected chi connectivity index (χ2v) is 9.33. The minimum absolute atomic E-state index is 0.0625. The highest BCUT2D eigenvalue weighted by Crippen LogP contribution is 2.44. The zero-order valence-electron chi connectivity index (χ0n) is 17.9. The third-order valence-electron chi connectivity index (χ3n) is 5.08. The Morgan fingerprint density at radius 1 is 0.900 bits per heavy atom. The molecule has 3 atom stereocenters. The van der Waals surface area contributed by atoms with Gasteiger partial charge >= 0.3 is 5.97 Å². The van der Waals surface area contributed by atoms with Crippen molar-refractivity contribution >= 4 is 24.7 Å². The van der Waals surface area contributed by atoms with Crippen LogP contribution < -0.4 is 15.3 Å². The van der Waals surface area contributed by atoms with E-state index in [1.54, 1.807) is 7.11 Å². The van der Waals surface area contributed by atoms with Gasteiger partial charge in [-0.3, -0.25) is 9.46 Å². The highest BCUT2D eigenvalue weighted by atomic mass is 31.1. The number of methoxy groups -OCH3 is 1. The van der Waals surface area contributed by atoms with Crippen molar-refractivity contribution in [3.63, 3.8) is 0 Å². The molecule has 3 aromatic rings. The van der Waals surface area contributed by atoms with Gasteiger partial charge in [-0.15, -0.1) is 0 Å². The highest BCUT2D eigenvalue weighted by Gasteiger charge is 2.32. The Morgan fingerprint density at radius 3 is 2.07 bits per heavy atom. The number of likely N-dealkylation sites (N-methyl/N-ethyl adjacent to an activating group) is 1. The summed E-state index contributed by atoms with van der Waals surface area (Å²) in [6.07, 6.45) is -0.378. The molecule has 0 aliphatic carbocycles. The Balaban J connectivity index is 2.05. The van der Waals surface area contributed by atoms with Crippen molar-refractivity contribution < 1.29 is 14.3 Å². The van der Waals surface area contributed by atoms with E-state index in [0.717, 1.165) is 16.6 Å². The van der Waals surface area contributed by atoms with Crippen LogP contribution in [0.5, 0.6) is 5.75 Å². The average molecular weight is 421 g/mol. The number of carbonyl (C=O) groups excluding carboxylic acids is 1. The first-order valence-corrected chi connectivity index (χ1v) is 11.3. The Labute approximate surface area is 180 Å². The first kappa shape index (κ1) is 22.0. The summed E-state index contributed by atoms with van der Waals surface area (Å²) in [7, 11) is 2.88. The van der Waals surface area contributed by atoms with Gasteiger partial charge < -0.3 is 9.47 Å². The summed E-state index contributed by atoms with van der Waals surface area (Å²) in [4.78, 5) is 11.9. The maximum Gasteiger partial charge on any atom is 0.303 e. The largest absolute Gasteiger partial charge is 0.496 e. The van der Waals surface area contributed by atoms with Gasteiger partial charge in [0.2, 0.25) is 0 Å². The fourth-order valence-electron chi connectivity index (χ4n) is 3.51. The highest BCUT2D eigenvalue weighted by molar-refractivity contribution is 7.71. The van der Waals surface area contributed by atoms with Crippen LogP contribution in [0.1, 0.15) is 25.5 Å². The monoisotopic (exact) mass is 421 g/mol. The summed E-state index contributed by atoms with van der Waals surface area (Å²) < 4.78 is 13.8. The number of hydrogen-bond acceptors (Lipinski definition) is 4. The zero-order chi connectivity index (χ0) is 21.5. The first-order valence-electron chi connectivity index (χ1n) is 9.96. The van der Waals surface area contributed by atoms with Gasteiger partial charge in [0.15, 0.2) is 0 Å². The van der Waals surface area contributed by atoms with Crippen LogP contribution in [-0.4, -0.2) is 30.8 Å². The molecule has 156 valence electrons. The van der Waals surface area contributed by atoms with Crippen LogP contribution in [0.15, 0.2) is 84.9 Å². The lowest BCUT2D eigenvalue weighted by Crippen LogP contribution is -2.38. The van der Waals surface area contributed by atoms with Gasteiger partial charge in [-0.25, -0.2) is 0 Å². The summed E-state index contributed by atoms with van der Waals surface area (Å²) in [6.45, 7) is 3.57. The molecule has 30 heavy (non-hydrogen) atoms. The zero-order valence-corrected chi connectivity index (χ0v) is 18.8. The van der Waals surface area contributed by atoms with Crippen LogP contribution in [0.3, 0.4) is 0 Å². The molecule has 3 rings (SSSR count). The van der Waals surface area contributed by atoms with E-state index in [-0.39, 0.29) is 18.1 Å². The molecule has 0 spiro atoms. The van der Waals surface area contributed by atoms with Gasteiger partial charge in [-0.05, 0) is 37.0 Å². The van der Waals surface area contributed by atoms with Crippen LogP contribution in [0.4, 0.5) is 0 Å². The van der Waals surface area contributed by atoms with E-state index in [0.29, 0.717) is 0 Å².